The van der Waals surface area contributed by atoms with E-state index in [9.17, 15) is 5.11 Å². The molecule has 0 unspecified atom stereocenters. The standard InChI is InChI=1S/C12H17ClO3/c1-7-6-8(13)10(15-4)11(16-5)9(7)12(2,3)14/h6,14H,1-5H3. The lowest BCUT2D eigenvalue weighted by atomic mass is 9.92. The molecule has 0 bridgehead atoms. The predicted molar refractivity (Wildman–Crippen MR) is 64.5 cm³/mol. The fourth-order valence-electron chi connectivity index (χ4n) is 1.87. The topological polar surface area (TPSA) is 38.7 Å². The van der Waals surface area contributed by atoms with Crippen molar-refractivity contribution in [2.75, 3.05) is 14.2 Å². The Hall–Kier alpha value is -0.930. The number of ether oxygens (including phenoxy) is 2. The van der Waals surface area contributed by atoms with Gasteiger partial charge in [0.15, 0.2) is 11.5 Å². The van der Waals surface area contributed by atoms with Crippen LogP contribution < -0.4 is 9.47 Å². The van der Waals surface area contributed by atoms with Crippen molar-refractivity contribution in [3.05, 3.63) is 22.2 Å². The van der Waals surface area contributed by atoms with Gasteiger partial charge in [-0.1, -0.05) is 11.6 Å². The van der Waals surface area contributed by atoms with E-state index in [0.29, 0.717) is 22.1 Å². The largest absolute Gasteiger partial charge is 0.492 e. The van der Waals surface area contributed by atoms with Crippen LogP contribution in [0.3, 0.4) is 0 Å². The second-order valence-electron chi connectivity index (χ2n) is 4.18. The van der Waals surface area contributed by atoms with Gasteiger partial charge < -0.3 is 14.6 Å². The molecule has 16 heavy (non-hydrogen) atoms. The Labute approximate surface area is 101 Å². The van der Waals surface area contributed by atoms with Crippen LogP contribution in [0, 0.1) is 6.92 Å². The highest BCUT2D eigenvalue weighted by molar-refractivity contribution is 6.32. The molecule has 90 valence electrons. The van der Waals surface area contributed by atoms with Gasteiger partial charge in [-0.3, -0.25) is 0 Å². The molecule has 0 fully saturated rings. The van der Waals surface area contributed by atoms with Gasteiger partial charge in [-0.05, 0) is 32.4 Å². The van der Waals surface area contributed by atoms with Gasteiger partial charge >= 0.3 is 0 Å². The molecule has 1 aromatic rings. The molecule has 0 aromatic heterocycles. The van der Waals surface area contributed by atoms with E-state index in [1.54, 1.807) is 19.9 Å². The highest BCUT2D eigenvalue weighted by atomic mass is 35.5. The van der Waals surface area contributed by atoms with Gasteiger partial charge in [-0.2, -0.15) is 0 Å². The lowest BCUT2D eigenvalue weighted by Gasteiger charge is -2.25. The van der Waals surface area contributed by atoms with Gasteiger partial charge in [0.1, 0.15) is 0 Å². The van der Waals surface area contributed by atoms with E-state index in [1.807, 2.05) is 6.92 Å². The Morgan fingerprint density at radius 1 is 1.19 bits per heavy atom. The monoisotopic (exact) mass is 244 g/mol. The molecule has 0 aliphatic heterocycles. The number of halogens is 1. The maximum absolute atomic E-state index is 10.1. The maximum atomic E-state index is 10.1. The lowest BCUT2D eigenvalue weighted by molar-refractivity contribution is 0.0744. The molecule has 0 radical (unpaired) electrons. The quantitative estimate of drug-likeness (QED) is 0.889. The number of hydrogen-bond donors (Lipinski definition) is 1. The number of benzene rings is 1. The van der Waals surface area contributed by atoms with Crippen LogP contribution in [0.5, 0.6) is 11.5 Å². The summed E-state index contributed by atoms with van der Waals surface area (Å²) in [5.41, 5.74) is 0.555. The zero-order valence-corrected chi connectivity index (χ0v) is 11.0. The Bertz CT molecular complexity index is 394. The number of aryl methyl sites for hydroxylation is 1. The number of methoxy groups -OCH3 is 2. The minimum absolute atomic E-state index is 0.451. The van der Waals surface area contributed by atoms with E-state index in [-0.39, 0.29) is 0 Å². The summed E-state index contributed by atoms with van der Waals surface area (Å²) < 4.78 is 10.5. The Kier molecular flexibility index (Phi) is 3.71. The summed E-state index contributed by atoms with van der Waals surface area (Å²) in [6, 6.07) is 1.76. The molecule has 3 nitrogen and oxygen atoms in total. The summed E-state index contributed by atoms with van der Waals surface area (Å²) in [4.78, 5) is 0. The highest BCUT2D eigenvalue weighted by Gasteiger charge is 2.27. The van der Waals surface area contributed by atoms with Gasteiger partial charge in [0.05, 0.1) is 24.8 Å². The Balaban J connectivity index is 3.59. The summed E-state index contributed by atoms with van der Waals surface area (Å²) in [6.07, 6.45) is 0. The smallest absolute Gasteiger partial charge is 0.179 e. The fourth-order valence-corrected chi connectivity index (χ4v) is 2.20. The van der Waals surface area contributed by atoms with E-state index in [1.165, 1.54) is 14.2 Å². The zero-order valence-electron chi connectivity index (χ0n) is 10.2. The van der Waals surface area contributed by atoms with E-state index < -0.39 is 5.60 Å². The van der Waals surface area contributed by atoms with Crippen molar-refractivity contribution in [2.45, 2.75) is 26.4 Å². The third-order valence-electron chi connectivity index (χ3n) is 2.41. The van der Waals surface area contributed by atoms with Gasteiger partial charge in [0, 0.05) is 5.56 Å². The molecule has 0 aliphatic carbocycles. The molecule has 1 rings (SSSR count). The minimum atomic E-state index is -1.01. The number of aliphatic hydroxyl groups is 1. The first-order chi connectivity index (χ1) is 7.32. The summed E-state index contributed by atoms with van der Waals surface area (Å²) >= 11 is 6.05. The summed E-state index contributed by atoms with van der Waals surface area (Å²) in [7, 11) is 3.05. The van der Waals surface area contributed by atoms with Crippen molar-refractivity contribution in [1.82, 2.24) is 0 Å². The van der Waals surface area contributed by atoms with Gasteiger partial charge in [-0.15, -0.1) is 0 Å². The zero-order chi connectivity index (χ0) is 12.5. The van der Waals surface area contributed by atoms with Gasteiger partial charge in [-0.25, -0.2) is 0 Å². The van der Waals surface area contributed by atoms with Crippen LogP contribution in [0.15, 0.2) is 6.07 Å². The third kappa shape index (κ3) is 2.25. The normalized spacial score (nSPS) is 11.4. The molecule has 0 saturated heterocycles. The van der Waals surface area contributed by atoms with Crippen LogP contribution >= 0.6 is 11.6 Å². The first-order valence-corrected chi connectivity index (χ1v) is 5.34. The van der Waals surface area contributed by atoms with Crippen molar-refractivity contribution < 1.29 is 14.6 Å². The first kappa shape index (κ1) is 13.1. The maximum Gasteiger partial charge on any atom is 0.179 e. The van der Waals surface area contributed by atoms with Crippen LogP contribution in [-0.4, -0.2) is 19.3 Å². The second-order valence-corrected chi connectivity index (χ2v) is 4.58. The second kappa shape index (κ2) is 4.52. The van der Waals surface area contributed by atoms with Crippen molar-refractivity contribution >= 4 is 11.6 Å². The van der Waals surface area contributed by atoms with Gasteiger partial charge in [0.25, 0.3) is 0 Å². The molecule has 0 aliphatic rings. The molecule has 0 spiro atoms. The molecule has 0 heterocycles. The molecule has 0 amide bonds. The van der Waals surface area contributed by atoms with Crippen LogP contribution in [0.2, 0.25) is 5.02 Å². The Morgan fingerprint density at radius 3 is 2.06 bits per heavy atom. The summed E-state index contributed by atoms with van der Waals surface area (Å²) in [5.74, 6) is 0.937. The lowest BCUT2D eigenvalue weighted by Crippen LogP contribution is -2.19. The van der Waals surface area contributed by atoms with Crippen molar-refractivity contribution in [2.24, 2.45) is 0 Å². The van der Waals surface area contributed by atoms with Crippen molar-refractivity contribution in [3.8, 4) is 11.5 Å². The predicted octanol–water partition coefficient (Wildman–Crippen LogP) is 2.89. The highest BCUT2D eigenvalue weighted by Crippen LogP contribution is 2.44. The fraction of sp³-hybridized carbons (Fsp3) is 0.500. The van der Waals surface area contributed by atoms with Crippen molar-refractivity contribution in [1.29, 1.82) is 0 Å². The molecule has 1 N–H and O–H groups in total. The summed E-state index contributed by atoms with van der Waals surface area (Å²) in [5, 5.41) is 10.6. The van der Waals surface area contributed by atoms with E-state index in [4.69, 9.17) is 21.1 Å². The van der Waals surface area contributed by atoms with Crippen LogP contribution in [0.1, 0.15) is 25.0 Å². The van der Waals surface area contributed by atoms with E-state index in [0.717, 1.165) is 5.56 Å². The third-order valence-corrected chi connectivity index (χ3v) is 2.69. The summed E-state index contributed by atoms with van der Waals surface area (Å²) in [6.45, 7) is 5.28. The average molecular weight is 245 g/mol. The number of hydrogen-bond acceptors (Lipinski definition) is 3. The van der Waals surface area contributed by atoms with Crippen LogP contribution in [-0.2, 0) is 5.60 Å². The average Bonchev–Trinajstić information content (AvgIpc) is 2.14. The SMILES string of the molecule is COc1c(Cl)cc(C)c(C(C)(C)O)c1OC. The first-order valence-electron chi connectivity index (χ1n) is 4.96. The molecular weight excluding hydrogens is 228 g/mol. The molecule has 4 heteroatoms. The van der Waals surface area contributed by atoms with Crippen LogP contribution in [0.4, 0.5) is 0 Å². The van der Waals surface area contributed by atoms with E-state index >= 15 is 0 Å². The molecular formula is C12H17ClO3. The number of rotatable bonds is 3. The minimum Gasteiger partial charge on any atom is -0.492 e. The molecule has 0 atom stereocenters. The van der Waals surface area contributed by atoms with E-state index in [2.05, 4.69) is 0 Å². The van der Waals surface area contributed by atoms with Crippen molar-refractivity contribution in [3.63, 3.8) is 0 Å². The Morgan fingerprint density at radius 2 is 1.69 bits per heavy atom. The van der Waals surface area contributed by atoms with Gasteiger partial charge in [0.2, 0.25) is 0 Å². The molecule has 0 saturated carbocycles. The molecule has 1 aromatic carbocycles. The van der Waals surface area contributed by atoms with Crippen LogP contribution in [0.25, 0.3) is 0 Å².